The number of aromatic amines is 1. The molecule has 6 nitrogen and oxygen atoms in total. The number of aromatic nitrogens is 2. The highest BCUT2D eigenvalue weighted by Crippen LogP contribution is 2.19. The highest BCUT2D eigenvalue weighted by atomic mass is 32.2. The van der Waals surface area contributed by atoms with E-state index in [9.17, 15) is 8.42 Å². The van der Waals surface area contributed by atoms with Crippen molar-refractivity contribution in [1.29, 1.82) is 0 Å². The first-order chi connectivity index (χ1) is 9.47. The minimum Gasteiger partial charge on any atom is -0.326 e. The lowest BCUT2D eigenvalue weighted by atomic mass is 10.2. The van der Waals surface area contributed by atoms with E-state index in [-0.39, 0.29) is 11.6 Å². The van der Waals surface area contributed by atoms with Crippen LogP contribution >= 0.6 is 0 Å². The second kappa shape index (κ2) is 5.64. The lowest BCUT2D eigenvalue weighted by Crippen LogP contribution is -2.16. The largest absolute Gasteiger partial charge is 0.326 e. The summed E-state index contributed by atoms with van der Waals surface area (Å²) in [5.74, 6) is 0. The Bertz CT molecular complexity index is 690. The maximum Gasteiger partial charge on any atom is 0.281 e. The lowest BCUT2D eigenvalue weighted by Gasteiger charge is -2.08. The Kier molecular flexibility index (Phi) is 4.10. The Morgan fingerprint density at radius 1 is 1.30 bits per heavy atom. The van der Waals surface area contributed by atoms with Crippen LogP contribution in [-0.2, 0) is 23.0 Å². The SMILES string of the molecule is CCc1ccc(NS(=O)(=O)c2n[nH]c(C)c2CN)cc1. The molecule has 4 N–H and O–H groups in total. The van der Waals surface area contributed by atoms with Gasteiger partial charge in [-0.1, -0.05) is 19.1 Å². The van der Waals surface area contributed by atoms with Gasteiger partial charge in [-0.25, -0.2) is 0 Å². The molecule has 0 aliphatic carbocycles. The van der Waals surface area contributed by atoms with E-state index in [0.29, 0.717) is 16.9 Å². The van der Waals surface area contributed by atoms with E-state index in [0.717, 1.165) is 12.0 Å². The van der Waals surface area contributed by atoms with Crippen LogP contribution in [0.3, 0.4) is 0 Å². The quantitative estimate of drug-likeness (QED) is 0.778. The first-order valence-corrected chi connectivity index (χ1v) is 7.82. The third-order valence-corrected chi connectivity index (χ3v) is 4.46. The second-order valence-corrected chi connectivity index (χ2v) is 6.09. The van der Waals surface area contributed by atoms with Crippen molar-refractivity contribution in [2.45, 2.75) is 31.8 Å². The van der Waals surface area contributed by atoms with Gasteiger partial charge in [0.15, 0.2) is 0 Å². The summed E-state index contributed by atoms with van der Waals surface area (Å²) >= 11 is 0. The van der Waals surface area contributed by atoms with Crippen molar-refractivity contribution >= 4 is 15.7 Å². The smallest absolute Gasteiger partial charge is 0.281 e. The van der Waals surface area contributed by atoms with Gasteiger partial charge < -0.3 is 5.73 Å². The lowest BCUT2D eigenvalue weighted by molar-refractivity contribution is 0.596. The molecule has 20 heavy (non-hydrogen) atoms. The highest BCUT2D eigenvalue weighted by molar-refractivity contribution is 7.92. The highest BCUT2D eigenvalue weighted by Gasteiger charge is 2.23. The van der Waals surface area contributed by atoms with Gasteiger partial charge in [-0.05, 0) is 31.0 Å². The maximum atomic E-state index is 12.3. The van der Waals surface area contributed by atoms with Crippen LogP contribution in [-0.4, -0.2) is 18.6 Å². The number of rotatable bonds is 5. The first kappa shape index (κ1) is 14.5. The van der Waals surface area contributed by atoms with Crippen LogP contribution in [0.5, 0.6) is 0 Å². The summed E-state index contributed by atoms with van der Waals surface area (Å²) in [6.45, 7) is 3.90. The molecule has 0 radical (unpaired) electrons. The van der Waals surface area contributed by atoms with E-state index in [2.05, 4.69) is 14.9 Å². The fourth-order valence-electron chi connectivity index (χ4n) is 1.90. The second-order valence-electron chi connectivity index (χ2n) is 4.49. The van der Waals surface area contributed by atoms with Gasteiger partial charge in [-0.3, -0.25) is 9.82 Å². The zero-order chi connectivity index (χ0) is 14.8. The van der Waals surface area contributed by atoms with E-state index in [4.69, 9.17) is 5.73 Å². The zero-order valence-corrected chi connectivity index (χ0v) is 12.3. The van der Waals surface area contributed by atoms with Crippen molar-refractivity contribution in [3.05, 3.63) is 41.1 Å². The Hall–Kier alpha value is -1.86. The Labute approximate surface area is 118 Å². The zero-order valence-electron chi connectivity index (χ0n) is 11.5. The van der Waals surface area contributed by atoms with Crippen molar-refractivity contribution in [3.63, 3.8) is 0 Å². The minimum absolute atomic E-state index is 0.0444. The fraction of sp³-hybridized carbons (Fsp3) is 0.308. The Balaban J connectivity index is 2.30. The number of hydrogen-bond acceptors (Lipinski definition) is 4. The molecule has 1 aromatic heterocycles. The van der Waals surface area contributed by atoms with Crippen LogP contribution in [0.1, 0.15) is 23.7 Å². The average Bonchev–Trinajstić information content (AvgIpc) is 2.81. The molecule has 0 atom stereocenters. The summed E-state index contributed by atoms with van der Waals surface area (Å²) in [7, 11) is -3.73. The molecule has 1 heterocycles. The minimum atomic E-state index is -3.73. The molecule has 0 saturated carbocycles. The molecule has 2 aromatic rings. The van der Waals surface area contributed by atoms with Gasteiger partial charge in [0.05, 0.1) is 0 Å². The molecule has 108 valence electrons. The summed E-state index contributed by atoms with van der Waals surface area (Å²) < 4.78 is 27.1. The van der Waals surface area contributed by atoms with Gasteiger partial charge in [0.25, 0.3) is 10.0 Å². The number of benzene rings is 1. The molecule has 0 unspecified atom stereocenters. The molecule has 0 aliphatic heterocycles. The van der Waals surface area contributed by atoms with E-state index in [1.54, 1.807) is 19.1 Å². The van der Waals surface area contributed by atoms with Gasteiger partial charge in [-0.15, -0.1) is 0 Å². The topological polar surface area (TPSA) is 101 Å². The van der Waals surface area contributed by atoms with Crippen LogP contribution < -0.4 is 10.5 Å². The first-order valence-electron chi connectivity index (χ1n) is 6.33. The summed E-state index contributed by atoms with van der Waals surface area (Å²) in [5, 5.41) is 6.44. The number of anilines is 1. The standard InChI is InChI=1S/C13H18N4O2S/c1-3-10-4-6-11(7-5-10)17-20(18,19)13-12(8-14)9(2)15-16-13/h4-7,17H,3,8,14H2,1-2H3,(H,15,16). The van der Waals surface area contributed by atoms with Crippen LogP contribution in [0.2, 0.25) is 0 Å². The number of hydrogen-bond donors (Lipinski definition) is 3. The normalized spacial score (nSPS) is 11.6. The number of H-pyrrole nitrogens is 1. The number of nitrogens with zero attached hydrogens (tertiary/aromatic N) is 1. The third kappa shape index (κ3) is 2.83. The van der Waals surface area contributed by atoms with E-state index in [1.807, 2.05) is 19.1 Å². The Morgan fingerprint density at radius 3 is 2.50 bits per heavy atom. The van der Waals surface area contributed by atoms with E-state index >= 15 is 0 Å². The van der Waals surface area contributed by atoms with Crippen LogP contribution in [0.25, 0.3) is 0 Å². The predicted octanol–water partition coefficient (Wildman–Crippen LogP) is 1.54. The van der Waals surface area contributed by atoms with Crippen molar-refractivity contribution in [3.8, 4) is 0 Å². The molecule has 0 fully saturated rings. The van der Waals surface area contributed by atoms with Gasteiger partial charge in [0, 0.05) is 23.5 Å². The summed E-state index contributed by atoms with van der Waals surface area (Å²) in [5.41, 5.74) is 8.39. The monoisotopic (exact) mass is 294 g/mol. The van der Waals surface area contributed by atoms with Crippen molar-refractivity contribution in [1.82, 2.24) is 10.2 Å². The summed E-state index contributed by atoms with van der Waals surface area (Å²) in [6.07, 6.45) is 0.906. The molecule has 0 bridgehead atoms. The van der Waals surface area contributed by atoms with Crippen molar-refractivity contribution in [2.24, 2.45) is 5.73 Å². The van der Waals surface area contributed by atoms with Gasteiger partial charge in [-0.2, -0.15) is 13.5 Å². The molecule has 0 saturated heterocycles. The van der Waals surface area contributed by atoms with Crippen LogP contribution in [0, 0.1) is 6.92 Å². The number of sulfonamides is 1. The molecule has 0 amide bonds. The molecule has 7 heteroatoms. The number of nitrogens with one attached hydrogen (secondary N) is 2. The van der Waals surface area contributed by atoms with Crippen molar-refractivity contribution < 1.29 is 8.42 Å². The van der Waals surface area contributed by atoms with Crippen LogP contribution in [0.15, 0.2) is 29.3 Å². The Morgan fingerprint density at radius 2 is 1.95 bits per heavy atom. The molecule has 0 spiro atoms. The van der Waals surface area contributed by atoms with E-state index in [1.165, 1.54) is 0 Å². The molecular formula is C13H18N4O2S. The third-order valence-electron chi connectivity index (χ3n) is 3.11. The van der Waals surface area contributed by atoms with Crippen molar-refractivity contribution in [2.75, 3.05) is 4.72 Å². The summed E-state index contributed by atoms with van der Waals surface area (Å²) in [6, 6.07) is 7.24. The number of nitrogens with two attached hydrogens (primary N) is 1. The molecular weight excluding hydrogens is 276 g/mol. The van der Waals surface area contributed by atoms with Crippen LogP contribution in [0.4, 0.5) is 5.69 Å². The van der Waals surface area contributed by atoms with E-state index < -0.39 is 10.0 Å². The van der Waals surface area contributed by atoms with Gasteiger partial charge >= 0.3 is 0 Å². The molecule has 1 aromatic carbocycles. The molecule has 2 rings (SSSR count). The number of aryl methyl sites for hydroxylation is 2. The van der Waals surface area contributed by atoms with Gasteiger partial charge in [0.2, 0.25) is 5.03 Å². The maximum absolute atomic E-state index is 12.3. The summed E-state index contributed by atoms with van der Waals surface area (Å²) in [4.78, 5) is 0. The fourth-order valence-corrected chi connectivity index (χ4v) is 3.17. The molecule has 0 aliphatic rings. The predicted molar refractivity (Wildman–Crippen MR) is 77.8 cm³/mol. The average molecular weight is 294 g/mol. The van der Waals surface area contributed by atoms with Gasteiger partial charge in [0.1, 0.15) is 0 Å².